The summed E-state index contributed by atoms with van der Waals surface area (Å²) in [7, 11) is 15.8. The molecule has 1 aromatic heterocycles. The maximum Gasteiger partial charge on any atom is -0.0510 e. The molecule has 17 heavy (non-hydrogen) atoms. The molecule has 0 spiro atoms. The van der Waals surface area contributed by atoms with Gasteiger partial charge >= 0.3 is 43.7 Å². The Hall–Kier alpha value is 0.493. The first-order chi connectivity index (χ1) is 8.18. The summed E-state index contributed by atoms with van der Waals surface area (Å²) in [6, 6.07) is 18.2. The minimum atomic E-state index is -2.13. The van der Waals surface area contributed by atoms with Crippen LogP contribution in [0.3, 0.4) is 0 Å². The van der Waals surface area contributed by atoms with Crippen molar-refractivity contribution < 1.29 is 18.2 Å². The molecule has 1 atom stereocenters. The predicted octanol–water partition coefficient (Wildman–Crippen LogP) is 5.89. The van der Waals surface area contributed by atoms with Crippen LogP contribution in [0.1, 0.15) is 0 Å². The van der Waals surface area contributed by atoms with Crippen molar-refractivity contribution in [3.63, 3.8) is 0 Å². The molecule has 0 aliphatic rings. The van der Waals surface area contributed by atoms with E-state index in [1.165, 1.54) is 21.0 Å². The summed E-state index contributed by atoms with van der Waals surface area (Å²) in [5.41, 5.74) is 0. The van der Waals surface area contributed by atoms with E-state index < -0.39 is 18.2 Å². The summed E-state index contributed by atoms with van der Waals surface area (Å²) >= 11 is -2.13. The van der Waals surface area contributed by atoms with Crippen molar-refractivity contribution in [2.24, 2.45) is 0 Å². The third kappa shape index (κ3) is 3.73. The van der Waals surface area contributed by atoms with Gasteiger partial charge in [-0.2, -0.15) is 8.19 Å². The maximum atomic E-state index is 5.00. The van der Waals surface area contributed by atoms with Gasteiger partial charge in [-0.1, -0.05) is 39.9 Å². The Morgan fingerprint density at radius 2 is 1.59 bits per heavy atom. The van der Waals surface area contributed by atoms with Crippen LogP contribution in [-0.2, 0) is 18.2 Å². The van der Waals surface area contributed by atoms with Gasteiger partial charge < -0.3 is 0 Å². The van der Waals surface area contributed by atoms with Crippen molar-refractivity contribution in [2.75, 3.05) is 0 Å². The second kappa shape index (κ2) is 6.60. The van der Waals surface area contributed by atoms with Gasteiger partial charge in [0.1, 0.15) is 0 Å². The molecule has 0 radical (unpaired) electrons. The van der Waals surface area contributed by atoms with Crippen LogP contribution in [0.25, 0.3) is 21.0 Å². The van der Waals surface area contributed by atoms with E-state index in [4.69, 9.17) is 25.5 Å². The molecular weight excluding hydrogens is 373 g/mol. The van der Waals surface area contributed by atoms with E-state index in [2.05, 4.69) is 42.5 Å². The Balaban J connectivity index is 0.000000239. The minimum Gasteiger partial charge on any atom is -0.178 e. The van der Waals surface area contributed by atoms with Gasteiger partial charge in [-0.15, -0.1) is 29.7 Å². The van der Waals surface area contributed by atoms with Crippen LogP contribution in [0.15, 0.2) is 42.5 Å². The van der Waals surface area contributed by atoms with E-state index in [0.29, 0.717) is 0 Å². The SMILES string of the molecule is [Cl][Zr]([Cl])[Cl].[c-]1cccc2[pH]c3ccccc3c12. The smallest absolute Gasteiger partial charge is 0.0510 e. The van der Waals surface area contributed by atoms with Gasteiger partial charge in [-0.05, 0) is 0 Å². The molecule has 0 fully saturated rings. The summed E-state index contributed by atoms with van der Waals surface area (Å²) in [5.74, 6) is 0. The van der Waals surface area contributed by atoms with Crippen molar-refractivity contribution in [3.8, 4) is 0 Å². The second-order valence-electron chi connectivity index (χ2n) is 3.34. The molecule has 0 N–H and O–H groups in total. The average Bonchev–Trinajstić information content (AvgIpc) is 2.66. The van der Waals surface area contributed by atoms with E-state index in [1.807, 2.05) is 6.07 Å². The van der Waals surface area contributed by atoms with Gasteiger partial charge in [-0.25, -0.2) is 0 Å². The van der Waals surface area contributed by atoms with Gasteiger partial charge in [0.15, 0.2) is 0 Å². The number of fused-ring (bicyclic) bond motifs is 3. The van der Waals surface area contributed by atoms with Crippen LogP contribution in [0.2, 0.25) is 0 Å². The van der Waals surface area contributed by atoms with Crippen molar-refractivity contribution in [1.29, 1.82) is 0 Å². The molecule has 0 aliphatic heterocycles. The molecule has 3 aromatic rings. The molecule has 1 heterocycles. The van der Waals surface area contributed by atoms with Crippen LogP contribution in [0.4, 0.5) is 0 Å². The van der Waals surface area contributed by atoms with Gasteiger partial charge in [-0.3, -0.25) is 0 Å². The molecule has 3 rings (SSSR count). The predicted molar refractivity (Wildman–Crippen MR) is 77.4 cm³/mol. The zero-order valence-corrected chi connectivity index (χ0v) is 14.4. The fourth-order valence-corrected chi connectivity index (χ4v) is 3.04. The monoisotopic (exact) mass is 378 g/mol. The summed E-state index contributed by atoms with van der Waals surface area (Å²) in [6.07, 6.45) is 0. The molecule has 0 saturated carbocycles. The molecule has 5 heteroatoms. The van der Waals surface area contributed by atoms with Crippen molar-refractivity contribution in [1.82, 2.24) is 0 Å². The fourth-order valence-electron chi connectivity index (χ4n) is 1.72. The molecule has 2 aromatic carbocycles. The zero-order valence-electron chi connectivity index (χ0n) is 8.68. The first kappa shape index (κ1) is 13.9. The van der Waals surface area contributed by atoms with Gasteiger partial charge in [0.05, 0.1) is 0 Å². The Morgan fingerprint density at radius 1 is 0.941 bits per heavy atom. The molecule has 0 amide bonds. The third-order valence-corrected chi connectivity index (χ3v) is 3.71. The fraction of sp³-hybridized carbons (Fsp3) is 0. The first-order valence-corrected chi connectivity index (χ1v) is 15.4. The molecule has 0 bridgehead atoms. The molecule has 0 nitrogen and oxygen atoms in total. The quantitative estimate of drug-likeness (QED) is 0.426. The summed E-state index contributed by atoms with van der Waals surface area (Å²) in [4.78, 5) is 0. The van der Waals surface area contributed by atoms with E-state index >= 15 is 0 Å². The van der Waals surface area contributed by atoms with E-state index in [9.17, 15) is 0 Å². The number of halogens is 3. The third-order valence-electron chi connectivity index (χ3n) is 2.32. The van der Waals surface area contributed by atoms with Crippen molar-refractivity contribution in [2.45, 2.75) is 0 Å². The Bertz CT molecular complexity index is 568. The Labute approximate surface area is 120 Å². The summed E-state index contributed by atoms with van der Waals surface area (Å²) in [5, 5.41) is 5.57. The molecular formula is C12H8Cl3PZr-. The van der Waals surface area contributed by atoms with Crippen LogP contribution >= 0.6 is 33.7 Å². The Kier molecular flexibility index (Phi) is 5.40. The van der Waals surface area contributed by atoms with Gasteiger partial charge in [0, 0.05) is 0 Å². The number of benzene rings is 2. The molecule has 1 unspecified atom stereocenters. The largest absolute Gasteiger partial charge is 0.178 e. The Morgan fingerprint density at radius 3 is 2.35 bits per heavy atom. The number of hydrogen-bond acceptors (Lipinski definition) is 0. The molecule has 0 aliphatic carbocycles. The number of rotatable bonds is 0. The maximum absolute atomic E-state index is 5.00. The second-order valence-corrected chi connectivity index (χ2v) is 15.9. The minimum absolute atomic E-state index is 0.820. The topological polar surface area (TPSA) is 0 Å². The summed E-state index contributed by atoms with van der Waals surface area (Å²) in [6.45, 7) is 0. The van der Waals surface area contributed by atoms with Crippen LogP contribution in [0, 0.1) is 6.07 Å². The van der Waals surface area contributed by atoms with Gasteiger partial charge in [0.2, 0.25) is 0 Å². The van der Waals surface area contributed by atoms with Gasteiger partial charge in [0.25, 0.3) is 0 Å². The van der Waals surface area contributed by atoms with Crippen LogP contribution < -0.4 is 0 Å². The standard InChI is InChI=1S/C12H8P.3ClH.Zr/c1-3-7-11-9(5-1)10-6-2-4-8-12(10)13-11;;;;/h1-5,7-8,13H;3*1H;/q-1;;;;+3/p-3. The zero-order chi connectivity index (χ0) is 12.3. The van der Waals surface area contributed by atoms with E-state index in [-0.39, 0.29) is 0 Å². The molecule has 0 saturated heterocycles. The average molecular weight is 381 g/mol. The van der Waals surface area contributed by atoms with Crippen molar-refractivity contribution in [3.05, 3.63) is 48.5 Å². The number of hydrogen-bond donors (Lipinski definition) is 0. The van der Waals surface area contributed by atoms with E-state index in [1.54, 1.807) is 0 Å². The van der Waals surface area contributed by atoms with E-state index in [0.717, 1.165) is 8.19 Å². The first-order valence-electron chi connectivity index (χ1n) is 4.89. The molecule has 87 valence electrons. The van der Waals surface area contributed by atoms with Crippen LogP contribution in [0.5, 0.6) is 0 Å². The normalized spacial score (nSPS) is 10.5. The summed E-state index contributed by atoms with van der Waals surface area (Å²) < 4.78 is 0. The van der Waals surface area contributed by atoms with Crippen molar-refractivity contribution >= 4 is 54.7 Å². The van der Waals surface area contributed by atoms with Crippen LogP contribution in [-0.4, -0.2) is 0 Å².